The normalized spacial score (nSPS) is 19.1. The number of rotatable bonds is 5. The molecule has 1 saturated carbocycles. The third kappa shape index (κ3) is 2.46. The molecular formula is C13H23N3. The molecule has 2 rings (SSSR count). The molecule has 0 atom stereocenters. The molecule has 1 aliphatic rings. The van der Waals surface area contributed by atoms with E-state index < -0.39 is 0 Å². The summed E-state index contributed by atoms with van der Waals surface area (Å²) in [6.45, 7) is 4.43. The van der Waals surface area contributed by atoms with E-state index in [1.165, 1.54) is 37.8 Å². The maximum atomic E-state index is 4.13. The Morgan fingerprint density at radius 1 is 1.44 bits per heavy atom. The Labute approximate surface area is 98.3 Å². The second-order valence-electron chi connectivity index (χ2n) is 5.16. The summed E-state index contributed by atoms with van der Waals surface area (Å²) in [7, 11) is 2.05. The van der Waals surface area contributed by atoms with Gasteiger partial charge in [-0.2, -0.15) is 0 Å². The Kier molecular flexibility index (Phi) is 3.64. The van der Waals surface area contributed by atoms with Crippen LogP contribution in [0.4, 0.5) is 0 Å². The van der Waals surface area contributed by atoms with Gasteiger partial charge in [-0.1, -0.05) is 19.8 Å². The zero-order valence-electron chi connectivity index (χ0n) is 10.5. The largest absolute Gasteiger partial charge is 0.337 e. The minimum Gasteiger partial charge on any atom is -0.337 e. The Bertz CT molecular complexity index is 324. The monoisotopic (exact) mass is 221 g/mol. The molecule has 1 aromatic heterocycles. The fourth-order valence-electron chi connectivity index (χ4n) is 2.79. The molecule has 1 N–H and O–H groups in total. The number of hydrogen-bond acceptors (Lipinski definition) is 2. The maximum Gasteiger partial charge on any atom is 0.0945 e. The van der Waals surface area contributed by atoms with E-state index in [0.29, 0.717) is 5.41 Å². The molecule has 1 aromatic rings. The molecule has 0 spiro atoms. The van der Waals surface area contributed by atoms with Crippen molar-refractivity contribution >= 4 is 0 Å². The molecule has 3 heteroatoms. The summed E-state index contributed by atoms with van der Waals surface area (Å²) in [4.78, 5) is 4.13. The molecule has 0 radical (unpaired) electrons. The first kappa shape index (κ1) is 11.6. The van der Waals surface area contributed by atoms with E-state index in [9.17, 15) is 0 Å². The van der Waals surface area contributed by atoms with E-state index in [1.807, 2.05) is 12.5 Å². The molecule has 1 aliphatic carbocycles. The smallest absolute Gasteiger partial charge is 0.0945 e. The molecule has 90 valence electrons. The molecule has 1 fully saturated rings. The van der Waals surface area contributed by atoms with Crippen molar-refractivity contribution in [1.82, 2.24) is 14.9 Å². The van der Waals surface area contributed by atoms with Crippen LogP contribution in [0.15, 0.2) is 12.5 Å². The van der Waals surface area contributed by atoms with Crippen molar-refractivity contribution in [1.29, 1.82) is 0 Å². The topological polar surface area (TPSA) is 29.9 Å². The Hall–Kier alpha value is -0.830. The minimum atomic E-state index is 0.582. The van der Waals surface area contributed by atoms with Crippen LogP contribution >= 0.6 is 0 Å². The van der Waals surface area contributed by atoms with Crippen LogP contribution in [-0.4, -0.2) is 16.1 Å². The molecule has 0 aliphatic heterocycles. The first-order valence-electron chi connectivity index (χ1n) is 6.42. The number of hydrogen-bond donors (Lipinski definition) is 1. The lowest BCUT2D eigenvalue weighted by Gasteiger charge is -2.27. The van der Waals surface area contributed by atoms with Gasteiger partial charge in [0.2, 0.25) is 0 Å². The minimum absolute atomic E-state index is 0.582. The van der Waals surface area contributed by atoms with E-state index >= 15 is 0 Å². The van der Waals surface area contributed by atoms with E-state index in [-0.39, 0.29) is 0 Å². The first-order valence-corrected chi connectivity index (χ1v) is 6.42. The quantitative estimate of drug-likeness (QED) is 0.828. The molecule has 0 bridgehead atoms. The Morgan fingerprint density at radius 3 is 2.75 bits per heavy atom. The van der Waals surface area contributed by atoms with Gasteiger partial charge in [-0.25, -0.2) is 4.98 Å². The second kappa shape index (κ2) is 5.00. The molecule has 0 unspecified atom stereocenters. The third-order valence-electron chi connectivity index (χ3n) is 4.14. The van der Waals surface area contributed by atoms with Gasteiger partial charge in [-0.3, -0.25) is 0 Å². The third-order valence-corrected chi connectivity index (χ3v) is 4.14. The maximum absolute atomic E-state index is 4.13. The summed E-state index contributed by atoms with van der Waals surface area (Å²) in [5.74, 6) is 0. The SMILES string of the molecule is CCC1(CNCc2cncn2C)CCCC1. The molecule has 0 saturated heterocycles. The van der Waals surface area contributed by atoms with E-state index in [1.54, 1.807) is 0 Å². The highest BCUT2D eigenvalue weighted by Crippen LogP contribution is 2.40. The average Bonchev–Trinajstić information content (AvgIpc) is 2.90. The van der Waals surface area contributed by atoms with Gasteiger partial charge in [0.05, 0.1) is 12.0 Å². The van der Waals surface area contributed by atoms with Crippen LogP contribution in [0.25, 0.3) is 0 Å². The Morgan fingerprint density at radius 2 is 2.19 bits per heavy atom. The van der Waals surface area contributed by atoms with Crippen LogP contribution in [0.3, 0.4) is 0 Å². The second-order valence-corrected chi connectivity index (χ2v) is 5.16. The highest BCUT2D eigenvalue weighted by Gasteiger charge is 2.31. The first-order chi connectivity index (χ1) is 7.76. The predicted octanol–water partition coefficient (Wildman–Crippen LogP) is 2.48. The van der Waals surface area contributed by atoms with Crippen LogP contribution in [0.2, 0.25) is 0 Å². The van der Waals surface area contributed by atoms with Gasteiger partial charge in [-0.15, -0.1) is 0 Å². The number of nitrogens with one attached hydrogen (secondary N) is 1. The number of imidazole rings is 1. The fraction of sp³-hybridized carbons (Fsp3) is 0.769. The van der Waals surface area contributed by atoms with Gasteiger partial charge in [0.15, 0.2) is 0 Å². The van der Waals surface area contributed by atoms with Gasteiger partial charge in [0, 0.05) is 26.3 Å². The van der Waals surface area contributed by atoms with Gasteiger partial charge in [0.25, 0.3) is 0 Å². The van der Waals surface area contributed by atoms with Crippen LogP contribution in [0.1, 0.15) is 44.7 Å². The van der Waals surface area contributed by atoms with Crippen LogP contribution < -0.4 is 5.32 Å². The lowest BCUT2D eigenvalue weighted by Crippen LogP contribution is -2.31. The highest BCUT2D eigenvalue weighted by atomic mass is 15.0. The van der Waals surface area contributed by atoms with Crippen molar-refractivity contribution < 1.29 is 0 Å². The molecule has 0 aromatic carbocycles. The summed E-state index contributed by atoms with van der Waals surface area (Å²) in [5, 5.41) is 3.60. The molecular weight excluding hydrogens is 198 g/mol. The summed E-state index contributed by atoms with van der Waals surface area (Å²) >= 11 is 0. The van der Waals surface area contributed by atoms with Crippen LogP contribution in [-0.2, 0) is 13.6 Å². The van der Waals surface area contributed by atoms with Crippen LogP contribution in [0.5, 0.6) is 0 Å². The van der Waals surface area contributed by atoms with E-state index in [4.69, 9.17) is 0 Å². The summed E-state index contributed by atoms with van der Waals surface area (Å²) in [6.07, 6.45) is 10.8. The zero-order valence-corrected chi connectivity index (χ0v) is 10.5. The van der Waals surface area contributed by atoms with Gasteiger partial charge in [-0.05, 0) is 24.7 Å². The Balaban J connectivity index is 1.81. The molecule has 1 heterocycles. The van der Waals surface area contributed by atoms with Gasteiger partial charge < -0.3 is 9.88 Å². The summed E-state index contributed by atoms with van der Waals surface area (Å²) in [6, 6.07) is 0. The van der Waals surface area contributed by atoms with Gasteiger partial charge in [0.1, 0.15) is 0 Å². The van der Waals surface area contributed by atoms with E-state index in [0.717, 1.165) is 13.1 Å². The summed E-state index contributed by atoms with van der Waals surface area (Å²) < 4.78 is 2.08. The van der Waals surface area contributed by atoms with Crippen molar-refractivity contribution in [2.24, 2.45) is 12.5 Å². The average molecular weight is 221 g/mol. The predicted molar refractivity (Wildman–Crippen MR) is 66.1 cm³/mol. The van der Waals surface area contributed by atoms with Gasteiger partial charge >= 0.3 is 0 Å². The number of aromatic nitrogens is 2. The lowest BCUT2D eigenvalue weighted by molar-refractivity contribution is 0.267. The molecule has 16 heavy (non-hydrogen) atoms. The standard InChI is InChI=1S/C13H23N3/c1-3-13(6-4-5-7-13)10-14-8-12-9-15-11-16(12)2/h9,11,14H,3-8,10H2,1-2H3. The van der Waals surface area contributed by atoms with Crippen molar-refractivity contribution in [3.05, 3.63) is 18.2 Å². The van der Waals surface area contributed by atoms with Crippen molar-refractivity contribution in [3.63, 3.8) is 0 Å². The molecule has 0 amide bonds. The van der Waals surface area contributed by atoms with Crippen molar-refractivity contribution in [2.45, 2.75) is 45.6 Å². The number of aryl methyl sites for hydroxylation is 1. The lowest BCUT2D eigenvalue weighted by atomic mass is 9.83. The zero-order chi connectivity index (χ0) is 11.4. The number of nitrogens with zero attached hydrogens (tertiary/aromatic N) is 2. The highest BCUT2D eigenvalue weighted by molar-refractivity contribution is 4.97. The van der Waals surface area contributed by atoms with E-state index in [2.05, 4.69) is 28.8 Å². The van der Waals surface area contributed by atoms with Crippen LogP contribution in [0, 0.1) is 5.41 Å². The van der Waals surface area contributed by atoms with Crippen molar-refractivity contribution in [2.75, 3.05) is 6.54 Å². The summed E-state index contributed by atoms with van der Waals surface area (Å²) in [5.41, 5.74) is 1.85. The molecule has 3 nitrogen and oxygen atoms in total. The fourth-order valence-corrected chi connectivity index (χ4v) is 2.79. The van der Waals surface area contributed by atoms with Crippen molar-refractivity contribution in [3.8, 4) is 0 Å².